The smallest absolute Gasteiger partial charge is 0.183 e. The van der Waals surface area contributed by atoms with Gasteiger partial charge in [0.1, 0.15) is 11.5 Å². The van der Waals surface area contributed by atoms with E-state index >= 15 is 0 Å². The molecule has 1 aromatic carbocycles. The molecule has 0 saturated carbocycles. The lowest BCUT2D eigenvalue weighted by Crippen LogP contribution is -2.15. The van der Waals surface area contributed by atoms with Crippen LogP contribution in [0.5, 0.6) is 0 Å². The van der Waals surface area contributed by atoms with Crippen LogP contribution in [0, 0.1) is 0 Å². The summed E-state index contributed by atoms with van der Waals surface area (Å²) in [7, 11) is 1.69. The molecule has 0 saturated heterocycles. The minimum absolute atomic E-state index is 0.166. The van der Waals surface area contributed by atoms with E-state index < -0.39 is 0 Å². The average molecular weight is 270 g/mol. The van der Waals surface area contributed by atoms with Gasteiger partial charge in [-0.3, -0.25) is 4.79 Å². The summed E-state index contributed by atoms with van der Waals surface area (Å²) in [4.78, 5) is 16.7. The Morgan fingerprint density at radius 1 is 1.25 bits per heavy atom. The second kappa shape index (κ2) is 5.59. The number of hydrogen-bond donors (Lipinski definition) is 0. The number of ketones is 1. The second-order valence-electron chi connectivity index (χ2n) is 5.02. The van der Waals surface area contributed by atoms with Crippen molar-refractivity contribution < 1.29 is 9.53 Å². The quantitative estimate of drug-likeness (QED) is 0.858. The van der Waals surface area contributed by atoms with Crippen molar-refractivity contribution in [2.45, 2.75) is 25.8 Å². The Bertz CT molecular complexity index is 617. The van der Waals surface area contributed by atoms with Crippen LogP contribution in [0.2, 0.25) is 0 Å². The highest BCUT2D eigenvalue weighted by Gasteiger charge is 2.25. The fourth-order valence-electron chi connectivity index (χ4n) is 2.73. The first-order valence-electron chi connectivity index (χ1n) is 6.98. The highest BCUT2D eigenvalue weighted by molar-refractivity contribution is 5.97. The van der Waals surface area contributed by atoms with Gasteiger partial charge in [0.25, 0.3) is 0 Å². The number of rotatable bonds is 4. The van der Waals surface area contributed by atoms with E-state index in [1.807, 2.05) is 30.3 Å². The Balaban J connectivity index is 2.10. The van der Waals surface area contributed by atoms with Crippen LogP contribution < -0.4 is 0 Å². The molecule has 2 aromatic rings. The first-order valence-corrected chi connectivity index (χ1v) is 6.98. The number of nitrogens with zero attached hydrogens (tertiary/aromatic N) is 2. The largest absolute Gasteiger partial charge is 0.383 e. The molecule has 20 heavy (non-hydrogen) atoms. The van der Waals surface area contributed by atoms with Crippen molar-refractivity contribution in [3.63, 3.8) is 0 Å². The zero-order chi connectivity index (χ0) is 13.9. The number of hydrogen-bond acceptors (Lipinski definition) is 3. The van der Waals surface area contributed by atoms with Gasteiger partial charge in [0, 0.05) is 31.3 Å². The summed E-state index contributed by atoms with van der Waals surface area (Å²) in [5.74, 6) is 1.04. The van der Waals surface area contributed by atoms with Gasteiger partial charge < -0.3 is 9.30 Å². The van der Waals surface area contributed by atoms with Gasteiger partial charge in [-0.15, -0.1) is 0 Å². The maximum atomic E-state index is 12.0. The van der Waals surface area contributed by atoms with Gasteiger partial charge in [0.15, 0.2) is 5.78 Å². The van der Waals surface area contributed by atoms with Crippen LogP contribution in [0.3, 0.4) is 0 Å². The monoisotopic (exact) mass is 270 g/mol. The Morgan fingerprint density at radius 3 is 2.80 bits per heavy atom. The molecule has 0 atom stereocenters. The van der Waals surface area contributed by atoms with E-state index in [9.17, 15) is 4.79 Å². The Morgan fingerprint density at radius 2 is 2.05 bits per heavy atom. The summed E-state index contributed by atoms with van der Waals surface area (Å²) in [6.45, 7) is 1.35. The molecule has 104 valence electrons. The van der Waals surface area contributed by atoms with Gasteiger partial charge in [-0.1, -0.05) is 30.3 Å². The topological polar surface area (TPSA) is 44.1 Å². The van der Waals surface area contributed by atoms with Crippen molar-refractivity contribution in [1.82, 2.24) is 9.55 Å². The highest BCUT2D eigenvalue weighted by Crippen LogP contribution is 2.27. The average Bonchev–Trinajstić information content (AvgIpc) is 2.86. The number of benzene rings is 1. The van der Waals surface area contributed by atoms with Gasteiger partial charge in [0.05, 0.1) is 6.61 Å². The normalized spacial score (nSPS) is 14.3. The molecule has 3 rings (SSSR count). The molecule has 4 heteroatoms. The fourth-order valence-corrected chi connectivity index (χ4v) is 2.73. The summed E-state index contributed by atoms with van der Waals surface area (Å²) < 4.78 is 7.33. The van der Waals surface area contributed by atoms with Gasteiger partial charge in [-0.2, -0.15) is 0 Å². The Kier molecular flexibility index (Phi) is 3.65. The number of fused-ring (bicyclic) bond motifs is 1. The summed E-state index contributed by atoms with van der Waals surface area (Å²) in [6, 6.07) is 10.0. The first-order chi connectivity index (χ1) is 9.81. The van der Waals surface area contributed by atoms with E-state index in [0.717, 1.165) is 36.5 Å². The molecule has 0 bridgehead atoms. The van der Waals surface area contributed by atoms with E-state index in [1.165, 1.54) is 0 Å². The summed E-state index contributed by atoms with van der Waals surface area (Å²) in [5, 5.41) is 0. The number of imidazole rings is 1. The van der Waals surface area contributed by atoms with Crippen molar-refractivity contribution in [3.8, 4) is 11.4 Å². The molecule has 0 aliphatic heterocycles. The molecule has 1 heterocycles. The molecule has 0 spiro atoms. The summed E-state index contributed by atoms with van der Waals surface area (Å²) >= 11 is 0. The van der Waals surface area contributed by atoms with E-state index in [1.54, 1.807) is 7.11 Å². The number of ether oxygens (including phenoxy) is 1. The predicted molar refractivity (Wildman–Crippen MR) is 76.8 cm³/mol. The molecule has 1 aromatic heterocycles. The molecule has 0 unspecified atom stereocenters. The van der Waals surface area contributed by atoms with Crippen LogP contribution in [-0.4, -0.2) is 29.1 Å². The number of Topliss-reactive ketones (excluding diaryl/α,β-unsaturated/α-hetero) is 1. The number of carbonyl (C=O) groups is 1. The Hall–Kier alpha value is -1.94. The summed E-state index contributed by atoms with van der Waals surface area (Å²) in [6.07, 6.45) is 2.45. The zero-order valence-corrected chi connectivity index (χ0v) is 11.6. The Labute approximate surface area is 118 Å². The third-order valence-corrected chi connectivity index (χ3v) is 3.71. The van der Waals surface area contributed by atoms with Crippen molar-refractivity contribution in [2.24, 2.45) is 0 Å². The van der Waals surface area contributed by atoms with E-state index in [-0.39, 0.29) is 5.78 Å². The predicted octanol–water partition coefficient (Wildman–Crippen LogP) is 2.72. The van der Waals surface area contributed by atoms with Crippen LogP contribution in [0.25, 0.3) is 11.4 Å². The van der Waals surface area contributed by atoms with Crippen LogP contribution in [0.1, 0.15) is 29.0 Å². The van der Waals surface area contributed by atoms with E-state index in [2.05, 4.69) is 9.55 Å². The third kappa shape index (κ3) is 2.27. The zero-order valence-electron chi connectivity index (χ0n) is 11.6. The lowest BCUT2D eigenvalue weighted by Gasteiger charge is -2.14. The molecule has 1 aliphatic carbocycles. The minimum Gasteiger partial charge on any atom is -0.383 e. The maximum absolute atomic E-state index is 12.0. The van der Waals surface area contributed by atoms with Gasteiger partial charge in [-0.05, 0) is 12.8 Å². The SMILES string of the molecule is COCCn1c(-c2ccccc2)nc2c1CCCC2=O. The fraction of sp³-hybridized carbons (Fsp3) is 0.375. The molecular formula is C16H18N2O2. The molecule has 1 aliphatic rings. The van der Waals surface area contributed by atoms with Gasteiger partial charge in [-0.25, -0.2) is 4.98 Å². The molecule has 0 fully saturated rings. The number of methoxy groups -OCH3 is 1. The van der Waals surface area contributed by atoms with E-state index in [0.29, 0.717) is 18.7 Å². The minimum atomic E-state index is 0.166. The molecule has 4 nitrogen and oxygen atoms in total. The molecule has 0 radical (unpaired) electrons. The summed E-state index contributed by atoms with van der Waals surface area (Å²) in [5.41, 5.74) is 2.77. The second-order valence-corrected chi connectivity index (χ2v) is 5.02. The molecular weight excluding hydrogens is 252 g/mol. The molecule has 0 N–H and O–H groups in total. The van der Waals surface area contributed by atoms with Crippen molar-refractivity contribution in [2.75, 3.05) is 13.7 Å². The van der Waals surface area contributed by atoms with Gasteiger partial charge in [0.2, 0.25) is 0 Å². The standard InChI is InChI=1S/C16H18N2O2/c1-20-11-10-18-13-8-5-9-14(19)15(13)17-16(18)12-6-3-2-4-7-12/h2-4,6-7H,5,8-11H2,1H3. The lowest BCUT2D eigenvalue weighted by atomic mass is 10.00. The number of aromatic nitrogens is 2. The van der Waals surface area contributed by atoms with Crippen molar-refractivity contribution in [1.29, 1.82) is 0 Å². The van der Waals surface area contributed by atoms with Gasteiger partial charge >= 0.3 is 0 Å². The maximum Gasteiger partial charge on any atom is 0.183 e. The van der Waals surface area contributed by atoms with Crippen LogP contribution in [0.15, 0.2) is 30.3 Å². The van der Waals surface area contributed by atoms with Crippen LogP contribution in [0.4, 0.5) is 0 Å². The number of carbonyl (C=O) groups excluding carboxylic acids is 1. The van der Waals surface area contributed by atoms with E-state index in [4.69, 9.17) is 4.74 Å². The van der Waals surface area contributed by atoms with Crippen molar-refractivity contribution in [3.05, 3.63) is 41.7 Å². The van der Waals surface area contributed by atoms with Crippen LogP contribution >= 0.6 is 0 Å². The first kappa shape index (κ1) is 13.1. The lowest BCUT2D eigenvalue weighted by molar-refractivity contribution is 0.0966. The highest BCUT2D eigenvalue weighted by atomic mass is 16.5. The third-order valence-electron chi connectivity index (χ3n) is 3.71. The van der Waals surface area contributed by atoms with Crippen molar-refractivity contribution >= 4 is 5.78 Å². The molecule has 0 amide bonds. The van der Waals surface area contributed by atoms with Crippen LogP contribution in [-0.2, 0) is 17.7 Å².